The highest BCUT2D eigenvalue weighted by Gasteiger charge is 2.36. The summed E-state index contributed by atoms with van der Waals surface area (Å²) in [5.41, 5.74) is 2.18. The Morgan fingerprint density at radius 2 is 1.94 bits per heavy atom. The highest BCUT2D eigenvalue weighted by Crippen LogP contribution is 2.42. The third-order valence-electron chi connectivity index (χ3n) is 5.15. The van der Waals surface area contributed by atoms with Crippen molar-refractivity contribution in [2.24, 2.45) is 5.92 Å². The molecule has 1 N–H and O–H groups in total. The summed E-state index contributed by atoms with van der Waals surface area (Å²) in [6.07, 6.45) is 3.50. The molecular formula is C22H22N4O5S. The van der Waals surface area contributed by atoms with E-state index in [4.69, 9.17) is 14.2 Å². The molecule has 9 nitrogen and oxygen atoms in total. The van der Waals surface area contributed by atoms with Crippen LogP contribution in [0.5, 0.6) is 17.2 Å². The number of carbonyl (C=O) groups is 2. The van der Waals surface area contributed by atoms with Gasteiger partial charge in [-0.3, -0.25) is 14.6 Å². The first-order chi connectivity index (χ1) is 15.5. The van der Waals surface area contributed by atoms with Crippen molar-refractivity contribution >= 4 is 34.0 Å². The van der Waals surface area contributed by atoms with Crippen LogP contribution in [0.3, 0.4) is 0 Å². The van der Waals surface area contributed by atoms with Gasteiger partial charge in [0.15, 0.2) is 16.6 Å². The molecule has 1 aliphatic rings. The molecule has 166 valence electrons. The zero-order valence-electron chi connectivity index (χ0n) is 17.8. The second-order valence-electron chi connectivity index (χ2n) is 7.06. The van der Waals surface area contributed by atoms with Crippen molar-refractivity contribution in [1.82, 2.24) is 9.97 Å². The van der Waals surface area contributed by atoms with Gasteiger partial charge in [0.2, 0.25) is 17.6 Å². The van der Waals surface area contributed by atoms with Crippen molar-refractivity contribution in [3.8, 4) is 28.5 Å². The Labute approximate surface area is 189 Å². The lowest BCUT2D eigenvalue weighted by Gasteiger charge is -2.20. The molecule has 1 atom stereocenters. The predicted molar refractivity (Wildman–Crippen MR) is 121 cm³/mol. The summed E-state index contributed by atoms with van der Waals surface area (Å²) in [4.78, 5) is 35.6. The number of anilines is 2. The van der Waals surface area contributed by atoms with E-state index in [0.29, 0.717) is 28.1 Å². The fraction of sp³-hybridized carbons (Fsp3) is 0.273. The number of nitrogens with one attached hydrogen (secondary N) is 1. The Bertz CT molecular complexity index is 1110. The number of ether oxygens (including phenoxy) is 3. The van der Waals surface area contributed by atoms with Crippen molar-refractivity contribution in [2.45, 2.75) is 6.42 Å². The van der Waals surface area contributed by atoms with Crippen molar-refractivity contribution in [3.63, 3.8) is 0 Å². The maximum Gasteiger partial charge on any atom is 0.231 e. The fourth-order valence-electron chi connectivity index (χ4n) is 3.54. The number of rotatable bonds is 7. The van der Waals surface area contributed by atoms with E-state index in [0.717, 1.165) is 11.3 Å². The van der Waals surface area contributed by atoms with Gasteiger partial charge < -0.3 is 24.4 Å². The molecule has 0 aliphatic carbocycles. The van der Waals surface area contributed by atoms with E-state index in [-0.39, 0.29) is 24.8 Å². The van der Waals surface area contributed by atoms with Crippen LogP contribution in [-0.4, -0.2) is 49.7 Å². The topological polar surface area (TPSA) is 103 Å². The molecule has 32 heavy (non-hydrogen) atoms. The monoisotopic (exact) mass is 454 g/mol. The highest BCUT2D eigenvalue weighted by molar-refractivity contribution is 7.14. The standard InChI is InChI=1S/C22H22N4O5S/c1-29-17-8-15(9-18(30-2)20(17)31-3)26-11-14(7-19(26)27)21(28)25-22-24-16(12-32-22)13-5-4-6-23-10-13/h4-6,8-10,12,14H,7,11H2,1-3H3,(H,24,25,28)/t14-/m1/s1. The Kier molecular flexibility index (Phi) is 6.22. The highest BCUT2D eigenvalue weighted by atomic mass is 32.1. The lowest BCUT2D eigenvalue weighted by Crippen LogP contribution is -2.28. The molecule has 2 aromatic heterocycles. The summed E-state index contributed by atoms with van der Waals surface area (Å²) < 4.78 is 16.1. The number of hydrogen-bond donors (Lipinski definition) is 1. The van der Waals surface area contributed by atoms with Crippen molar-refractivity contribution in [1.29, 1.82) is 0 Å². The number of benzene rings is 1. The van der Waals surface area contributed by atoms with E-state index in [9.17, 15) is 9.59 Å². The first-order valence-electron chi connectivity index (χ1n) is 9.81. The summed E-state index contributed by atoms with van der Waals surface area (Å²) in [6, 6.07) is 7.12. The lowest BCUT2D eigenvalue weighted by molar-refractivity contribution is -0.122. The molecule has 0 saturated carbocycles. The quantitative estimate of drug-likeness (QED) is 0.585. The van der Waals surface area contributed by atoms with Gasteiger partial charge in [0.05, 0.1) is 38.6 Å². The average Bonchev–Trinajstić information content (AvgIpc) is 3.45. The molecule has 3 aromatic rings. The normalized spacial score (nSPS) is 15.5. The van der Waals surface area contributed by atoms with Crippen LogP contribution in [-0.2, 0) is 9.59 Å². The van der Waals surface area contributed by atoms with Gasteiger partial charge in [-0.1, -0.05) is 0 Å². The SMILES string of the molecule is COc1cc(N2C[C@H](C(=O)Nc3nc(-c4cccnc4)cs3)CC2=O)cc(OC)c1OC. The number of nitrogens with zero attached hydrogens (tertiary/aromatic N) is 3. The first-order valence-corrected chi connectivity index (χ1v) is 10.7. The van der Waals surface area contributed by atoms with Crippen molar-refractivity contribution < 1.29 is 23.8 Å². The van der Waals surface area contributed by atoms with Crippen molar-refractivity contribution in [2.75, 3.05) is 38.1 Å². The van der Waals surface area contributed by atoms with E-state index in [1.165, 1.54) is 32.7 Å². The van der Waals surface area contributed by atoms with E-state index in [1.807, 2.05) is 17.5 Å². The number of thiazole rings is 1. The Morgan fingerprint density at radius 1 is 1.19 bits per heavy atom. The molecule has 1 saturated heterocycles. The number of aromatic nitrogens is 2. The van der Waals surface area contributed by atoms with Gasteiger partial charge >= 0.3 is 0 Å². The number of methoxy groups -OCH3 is 3. The predicted octanol–water partition coefficient (Wildman–Crippen LogP) is 3.22. The second kappa shape index (κ2) is 9.23. The molecule has 0 bridgehead atoms. The summed E-state index contributed by atoms with van der Waals surface area (Å²) in [5, 5.41) is 5.16. The molecule has 1 aliphatic heterocycles. The Hall–Kier alpha value is -3.66. The molecule has 4 rings (SSSR count). The summed E-state index contributed by atoms with van der Waals surface area (Å²) in [5.74, 6) is 0.400. The number of hydrogen-bond acceptors (Lipinski definition) is 8. The number of amides is 2. The summed E-state index contributed by atoms with van der Waals surface area (Å²) in [6.45, 7) is 0.240. The van der Waals surface area contributed by atoms with Crippen LogP contribution in [0.15, 0.2) is 42.0 Å². The van der Waals surface area contributed by atoms with E-state index < -0.39 is 5.92 Å². The average molecular weight is 455 g/mol. The van der Waals surface area contributed by atoms with Gasteiger partial charge in [-0.2, -0.15) is 0 Å². The first kappa shape index (κ1) is 21.6. The van der Waals surface area contributed by atoms with Gasteiger partial charge in [-0.25, -0.2) is 4.98 Å². The third kappa shape index (κ3) is 4.22. The van der Waals surface area contributed by atoms with Gasteiger partial charge in [0, 0.05) is 48.4 Å². The van der Waals surface area contributed by atoms with E-state index >= 15 is 0 Å². The minimum absolute atomic E-state index is 0.101. The molecule has 3 heterocycles. The van der Waals surface area contributed by atoms with E-state index in [2.05, 4.69) is 15.3 Å². The Balaban J connectivity index is 1.48. The fourth-order valence-corrected chi connectivity index (χ4v) is 4.26. The number of pyridine rings is 1. The van der Waals surface area contributed by atoms with Crippen LogP contribution in [0, 0.1) is 5.92 Å². The summed E-state index contributed by atoms with van der Waals surface area (Å²) >= 11 is 1.33. The minimum Gasteiger partial charge on any atom is -0.493 e. The van der Waals surface area contributed by atoms with Gasteiger partial charge in [0.25, 0.3) is 0 Å². The molecule has 10 heteroatoms. The smallest absolute Gasteiger partial charge is 0.231 e. The molecule has 0 unspecified atom stereocenters. The molecule has 0 spiro atoms. The van der Waals surface area contributed by atoms with Crippen LogP contribution in [0.2, 0.25) is 0 Å². The molecule has 1 fully saturated rings. The Morgan fingerprint density at radius 3 is 2.56 bits per heavy atom. The lowest BCUT2D eigenvalue weighted by atomic mass is 10.1. The molecule has 2 amide bonds. The van der Waals surface area contributed by atoms with Gasteiger partial charge in [-0.05, 0) is 12.1 Å². The minimum atomic E-state index is -0.507. The van der Waals surface area contributed by atoms with Crippen LogP contribution in [0.1, 0.15) is 6.42 Å². The number of carbonyl (C=O) groups excluding carboxylic acids is 2. The van der Waals surface area contributed by atoms with Crippen LogP contribution >= 0.6 is 11.3 Å². The molecule has 0 radical (unpaired) electrons. The molecular weight excluding hydrogens is 432 g/mol. The zero-order chi connectivity index (χ0) is 22.7. The van der Waals surface area contributed by atoms with Gasteiger partial charge in [0.1, 0.15) is 0 Å². The van der Waals surface area contributed by atoms with Crippen LogP contribution in [0.4, 0.5) is 10.8 Å². The van der Waals surface area contributed by atoms with Crippen LogP contribution < -0.4 is 24.4 Å². The largest absolute Gasteiger partial charge is 0.493 e. The molecule has 1 aromatic carbocycles. The maximum atomic E-state index is 12.8. The third-order valence-corrected chi connectivity index (χ3v) is 5.91. The zero-order valence-corrected chi connectivity index (χ0v) is 18.6. The van der Waals surface area contributed by atoms with Gasteiger partial charge in [-0.15, -0.1) is 11.3 Å². The maximum absolute atomic E-state index is 12.8. The summed E-state index contributed by atoms with van der Waals surface area (Å²) in [7, 11) is 4.54. The van der Waals surface area contributed by atoms with Crippen LogP contribution in [0.25, 0.3) is 11.3 Å². The second-order valence-corrected chi connectivity index (χ2v) is 7.92. The van der Waals surface area contributed by atoms with Crippen molar-refractivity contribution in [3.05, 3.63) is 42.0 Å². The van der Waals surface area contributed by atoms with E-state index in [1.54, 1.807) is 29.4 Å².